The normalized spacial score (nSPS) is 19.2. The summed E-state index contributed by atoms with van der Waals surface area (Å²) in [4.78, 5) is 27.1. The average molecular weight is 448 g/mol. The molecule has 5 nitrogen and oxygen atoms in total. The van der Waals surface area contributed by atoms with E-state index in [2.05, 4.69) is 26.6 Å². The Kier molecular flexibility index (Phi) is 6.34. The zero-order valence-electron chi connectivity index (χ0n) is 15.7. The summed E-state index contributed by atoms with van der Waals surface area (Å²) in [6.07, 6.45) is 1.47. The van der Waals surface area contributed by atoms with E-state index in [0.29, 0.717) is 31.7 Å². The molecule has 1 unspecified atom stereocenters. The van der Waals surface area contributed by atoms with Gasteiger partial charge in [0.25, 0.3) is 0 Å². The number of hydrogen-bond acceptors (Lipinski definition) is 2. The Morgan fingerprint density at radius 1 is 1.21 bits per heavy atom. The van der Waals surface area contributed by atoms with Crippen molar-refractivity contribution in [2.24, 2.45) is 5.41 Å². The van der Waals surface area contributed by atoms with Gasteiger partial charge < -0.3 is 15.5 Å². The van der Waals surface area contributed by atoms with Gasteiger partial charge in [-0.25, -0.2) is 9.18 Å². The van der Waals surface area contributed by atoms with Gasteiger partial charge in [0.1, 0.15) is 5.82 Å². The van der Waals surface area contributed by atoms with E-state index >= 15 is 0 Å². The quantitative estimate of drug-likeness (QED) is 0.722. The molecule has 2 aromatic carbocycles. The second-order valence-corrected chi connectivity index (χ2v) is 8.25. The highest BCUT2D eigenvalue weighted by atomic mass is 79.9. The number of rotatable bonds is 4. The number of hydrogen-bond donors (Lipinski definition) is 2. The van der Waals surface area contributed by atoms with Crippen LogP contribution in [0.4, 0.5) is 14.9 Å². The first-order valence-electron chi connectivity index (χ1n) is 9.20. The third-order valence-corrected chi connectivity index (χ3v) is 5.47. The van der Waals surface area contributed by atoms with E-state index in [9.17, 15) is 14.0 Å². The standard InChI is InChI=1S/C21H23BrFN3O2/c1-21(19(27)24-13-15-6-8-17(23)9-7-15)10-3-11-26(14-21)20(28)25-18-5-2-4-16(22)12-18/h2,4-9,12H,3,10-11,13-14H2,1H3,(H,24,27)(H,25,28). The van der Waals surface area contributed by atoms with Gasteiger partial charge in [0.05, 0.1) is 5.41 Å². The van der Waals surface area contributed by atoms with Crippen LogP contribution in [0.2, 0.25) is 0 Å². The van der Waals surface area contributed by atoms with Crippen molar-refractivity contribution in [3.05, 3.63) is 64.4 Å². The molecule has 3 amide bonds. The first-order chi connectivity index (χ1) is 13.4. The Morgan fingerprint density at radius 2 is 1.96 bits per heavy atom. The molecule has 1 fully saturated rings. The van der Waals surface area contributed by atoms with Gasteiger partial charge in [0.2, 0.25) is 5.91 Å². The number of carbonyl (C=O) groups excluding carboxylic acids is 2. The Morgan fingerprint density at radius 3 is 2.68 bits per heavy atom. The predicted molar refractivity (Wildman–Crippen MR) is 110 cm³/mol. The molecule has 0 aliphatic carbocycles. The van der Waals surface area contributed by atoms with Crippen molar-refractivity contribution >= 4 is 33.6 Å². The summed E-state index contributed by atoms with van der Waals surface area (Å²) < 4.78 is 13.9. The minimum atomic E-state index is -0.660. The number of nitrogens with one attached hydrogen (secondary N) is 2. The van der Waals surface area contributed by atoms with Gasteiger partial charge in [0, 0.05) is 29.8 Å². The minimum absolute atomic E-state index is 0.100. The second-order valence-electron chi connectivity index (χ2n) is 7.34. The van der Waals surface area contributed by atoms with Crippen molar-refractivity contribution in [2.75, 3.05) is 18.4 Å². The lowest BCUT2D eigenvalue weighted by atomic mass is 9.81. The van der Waals surface area contributed by atoms with Crippen LogP contribution in [-0.4, -0.2) is 29.9 Å². The van der Waals surface area contributed by atoms with Crippen LogP contribution in [0.25, 0.3) is 0 Å². The number of amides is 3. The molecule has 0 bridgehead atoms. The Bertz CT molecular complexity index is 859. The fourth-order valence-electron chi connectivity index (χ4n) is 3.36. The lowest BCUT2D eigenvalue weighted by Crippen LogP contribution is -2.52. The molecule has 1 heterocycles. The maximum Gasteiger partial charge on any atom is 0.321 e. The molecular weight excluding hydrogens is 425 g/mol. The van der Waals surface area contributed by atoms with E-state index < -0.39 is 5.41 Å². The number of carbonyl (C=O) groups is 2. The van der Waals surface area contributed by atoms with E-state index in [1.165, 1.54) is 12.1 Å². The van der Waals surface area contributed by atoms with Crippen molar-refractivity contribution in [3.63, 3.8) is 0 Å². The maximum atomic E-state index is 13.0. The summed E-state index contributed by atoms with van der Waals surface area (Å²) in [5.74, 6) is -0.404. The first-order valence-corrected chi connectivity index (χ1v) is 9.99. The van der Waals surface area contributed by atoms with Crippen LogP contribution >= 0.6 is 15.9 Å². The largest absolute Gasteiger partial charge is 0.351 e. The van der Waals surface area contributed by atoms with Crippen molar-refractivity contribution in [3.8, 4) is 0 Å². The van der Waals surface area contributed by atoms with Gasteiger partial charge in [-0.15, -0.1) is 0 Å². The van der Waals surface area contributed by atoms with Crippen LogP contribution in [0.3, 0.4) is 0 Å². The molecule has 3 rings (SSSR count). The highest BCUT2D eigenvalue weighted by Crippen LogP contribution is 2.30. The lowest BCUT2D eigenvalue weighted by molar-refractivity contribution is -0.132. The summed E-state index contributed by atoms with van der Waals surface area (Å²) in [6, 6.07) is 13.2. The molecule has 148 valence electrons. The van der Waals surface area contributed by atoms with E-state index in [1.807, 2.05) is 31.2 Å². The number of benzene rings is 2. The lowest BCUT2D eigenvalue weighted by Gasteiger charge is -2.39. The van der Waals surface area contributed by atoms with E-state index in [1.54, 1.807) is 17.0 Å². The monoisotopic (exact) mass is 447 g/mol. The number of anilines is 1. The molecule has 2 aromatic rings. The molecule has 2 N–H and O–H groups in total. The zero-order valence-corrected chi connectivity index (χ0v) is 17.3. The van der Waals surface area contributed by atoms with Crippen LogP contribution in [-0.2, 0) is 11.3 Å². The number of likely N-dealkylation sites (tertiary alicyclic amines) is 1. The van der Waals surface area contributed by atoms with Crippen molar-refractivity contribution in [1.29, 1.82) is 0 Å². The fraction of sp³-hybridized carbons (Fsp3) is 0.333. The van der Waals surface area contributed by atoms with Gasteiger partial charge in [0.15, 0.2) is 0 Å². The summed E-state index contributed by atoms with van der Waals surface area (Å²) >= 11 is 3.39. The minimum Gasteiger partial charge on any atom is -0.351 e. The highest BCUT2D eigenvalue weighted by Gasteiger charge is 2.39. The average Bonchev–Trinajstić information content (AvgIpc) is 2.67. The van der Waals surface area contributed by atoms with E-state index in [-0.39, 0.29) is 17.8 Å². The van der Waals surface area contributed by atoms with Gasteiger partial charge >= 0.3 is 6.03 Å². The molecule has 1 aliphatic rings. The summed E-state index contributed by atoms with van der Waals surface area (Å²) in [6.45, 7) is 3.17. The molecule has 1 aliphatic heterocycles. The van der Waals surface area contributed by atoms with Crippen molar-refractivity contribution in [1.82, 2.24) is 10.2 Å². The van der Waals surface area contributed by atoms with Crippen LogP contribution < -0.4 is 10.6 Å². The van der Waals surface area contributed by atoms with Gasteiger partial charge in [-0.1, -0.05) is 34.1 Å². The molecule has 0 saturated carbocycles. The van der Waals surface area contributed by atoms with Crippen LogP contribution in [0, 0.1) is 11.2 Å². The molecule has 0 radical (unpaired) electrons. The number of halogens is 2. The molecule has 28 heavy (non-hydrogen) atoms. The number of piperidine rings is 1. The Hall–Kier alpha value is -2.41. The molecule has 7 heteroatoms. The Balaban J connectivity index is 1.59. The second kappa shape index (κ2) is 8.73. The third kappa shape index (κ3) is 5.10. The van der Waals surface area contributed by atoms with E-state index in [4.69, 9.17) is 0 Å². The van der Waals surface area contributed by atoms with Crippen molar-refractivity contribution in [2.45, 2.75) is 26.3 Å². The van der Waals surface area contributed by atoms with Gasteiger partial charge in [-0.2, -0.15) is 0 Å². The van der Waals surface area contributed by atoms with E-state index in [0.717, 1.165) is 16.5 Å². The summed E-state index contributed by atoms with van der Waals surface area (Å²) in [7, 11) is 0. The topological polar surface area (TPSA) is 61.4 Å². The SMILES string of the molecule is CC1(C(=O)NCc2ccc(F)cc2)CCCN(C(=O)Nc2cccc(Br)c2)C1. The molecule has 0 aromatic heterocycles. The molecule has 0 spiro atoms. The molecular formula is C21H23BrFN3O2. The zero-order chi connectivity index (χ0) is 20.1. The maximum absolute atomic E-state index is 13.0. The van der Waals surface area contributed by atoms with Crippen LogP contribution in [0.1, 0.15) is 25.3 Å². The fourth-order valence-corrected chi connectivity index (χ4v) is 3.76. The molecule has 1 saturated heterocycles. The first kappa shape index (κ1) is 20.3. The predicted octanol–water partition coefficient (Wildman–Crippen LogP) is 4.54. The smallest absolute Gasteiger partial charge is 0.321 e. The summed E-state index contributed by atoms with van der Waals surface area (Å²) in [5, 5.41) is 5.80. The van der Waals surface area contributed by atoms with Crippen LogP contribution in [0.5, 0.6) is 0 Å². The molecule has 1 atom stereocenters. The summed E-state index contributed by atoms with van der Waals surface area (Å²) in [5.41, 5.74) is 0.873. The van der Waals surface area contributed by atoms with Gasteiger partial charge in [-0.3, -0.25) is 4.79 Å². The highest BCUT2D eigenvalue weighted by molar-refractivity contribution is 9.10. The number of nitrogens with zero attached hydrogens (tertiary/aromatic N) is 1. The Labute approximate surface area is 172 Å². The third-order valence-electron chi connectivity index (χ3n) is 4.97. The number of urea groups is 1. The van der Waals surface area contributed by atoms with Crippen molar-refractivity contribution < 1.29 is 14.0 Å². The van der Waals surface area contributed by atoms with Gasteiger partial charge in [-0.05, 0) is 55.7 Å². The van der Waals surface area contributed by atoms with Crippen LogP contribution in [0.15, 0.2) is 53.0 Å².